The molecule has 1 aromatic carbocycles. The molecule has 0 amide bonds. The number of morpholine rings is 1. The number of rotatable bonds is 5. The largest absolute Gasteiger partial charge is 0.370 e. The summed E-state index contributed by atoms with van der Waals surface area (Å²) in [5, 5.41) is 7.72. The SMILES string of the molecule is CCNC(=NCCc1ccc(C(C)(C)C)cc1)N1CCOC(c2cnn(C)c2)C1.I. The number of halogens is 1. The van der Waals surface area contributed by atoms with Gasteiger partial charge < -0.3 is 15.0 Å². The van der Waals surface area contributed by atoms with Crippen LogP contribution in [-0.4, -0.2) is 53.4 Å². The number of aliphatic imine (C=N–C) groups is 1. The maximum Gasteiger partial charge on any atom is 0.194 e. The Labute approximate surface area is 198 Å². The van der Waals surface area contributed by atoms with Gasteiger partial charge in [0.1, 0.15) is 6.10 Å². The number of aryl methyl sites for hydroxylation is 1. The van der Waals surface area contributed by atoms with Crippen LogP contribution in [0.4, 0.5) is 0 Å². The summed E-state index contributed by atoms with van der Waals surface area (Å²) >= 11 is 0. The molecule has 1 unspecified atom stereocenters. The van der Waals surface area contributed by atoms with E-state index in [9.17, 15) is 0 Å². The van der Waals surface area contributed by atoms with Crippen LogP contribution in [0.1, 0.15) is 50.5 Å². The Morgan fingerprint density at radius 1 is 1.27 bits per heavy atom. The van der Waals surface area contributed by atoms with Gasteiger partial charge in [0, 0.05) is 38.4 Å². The summed E-state index contributed by atoms with van der Waals surface area (Å²) < 4.78 is 7.79. The van der Waals surface area contributed by atoms with E-state index in [2.05, 4.69) is 67.3 Å². The summed E-state index contributed by atoms with van der Waals surface area (Å²) in [5.74, 6) is 0.969. The second-order valence-electron chi connectivity index (χ2n) is 8.69. The van der Waals surface area contributed by atoms with Gasteiger partial charge in [0.05, 0.1) is 19.3 Å². The summed E-state index contributed by atoms with van der Waals surface area (Å²) in [4.78, 5) is 7.19. The molecule has 7 heteroatoms. The molecule has 6 nitrogen and oxygen atoms in total. The lowest BCUT2D eigenvalue weighted by Crippen LogP contribution is -2.48. The van der Waals surface area contributed by atoms with Crippen molar-refractivity contribution in [2.75, 3.05) is 32.8 Å². The molecule has 166 valence electrons. The van der Waals surface area contributed by atoms with E-state index in [0.717, 1.165) is 44.1 Å². The molecule has 1 atom stereocenters. The average Bonchev–Trinajstić information content (AvgIpc) is 3.13. The number of guanidine groups is 1. The van der Waals surface area contributed by atoms with Crippen LogP contribution in [0.2, 0.25) is 0 Å². The second kappa shape index (κ2) is 11.1. The van der Waals surface area contributed by atoms with E-state index in [1.807, 2.05) is 24.1 Å². The van der Waals surface area contributed by atoms with E-state index < -0.39 is 0 Å². The van der Waals surface area contributed by atoms with Gasteiger partial charge in [-0.3, -0.25) is 9.67 Å². The van der Waals surface area contributed by atoms with Crippen LogP contribution >= 0.6 is 24.0 Å². The van der Waals surface area contributed by atoms with Crippen molar-refractivity contribution in [3.63, 3.8) is 0 Å². The molecule has 30 heavy (non-hydrogen) atoms. The Hall–Kier alpha value is -1.61. The predicted octanol–water partition coefficient (Wildman–Crippen LogP) is 3.92. The average molecular weight is 525 g/mol. The molecule has 0 aliphatic carbocycles. The molecule has 1 aliphatic heterocycles. The summed E-state index contributed by atoms with van der Waals surface area (Å²) in [6.07, 6.45) is 4.89. The van der Waals surface area contributed by atoms with Crippen molar-refractivity contribution in [3.8, 4) is 0 Å². The maximum atomic E-state index is 5.97. The van der Waals surface area contributed by atoms with Gasteiger partial charge in [0.15, 0.2) is 5.96 Å². The van der Waals surface area contributed by atoms with Crippen LogP contribution in [0.5, 0.6) is 0 Å². The van der Waals surface area contributed by atoms with E-state index in [1.165, 1.54) is 11.1 Å². The molecule has 1 N–H and O–H groups in total. The van der Waals surface area contributed by atoms with E-state index in [1.54, 1.807) is 0 Å². The number of ether oxygens (including phenoxy) is 1. The number of hydrogen-bond donors (Lipinski definition) is 1. The van der Waals surface area contributed by atoms with Crippen molar-refractivity contribution < 1.29 is 4.74 Å². The normalized spacial score (nSPS) is 17.6. The van der Waals surface area contributed by atoms with E-state index in [0.29, 0.717) is 6.61 Å². The molecule has 1 aliphatic rings. The number of aromatic nitrogens is 2. The van der Waals surface area contributed by atoms with Gasteiger partial charge in [0.25, 0.3) is 0 Å². The lowest BCUT2D eigenvalue weighted by molar-refractivity contribution is -0.00803. The first-order valence-electron chi connectivity index (χ1n) is 10.6. The van der Waals surface area contributed by atoms with Crippen molar-refractivity contribution in [2.24, 2.45) is 12.0 Å². The third kappa shape index (κ3) is 6.70. The molecule has 0 radical (unpaired) electrons. The minimum atomic E-state index is 0. The molecule has 2 heterocycles. The van der Waals surface area contributed by atoms with E-state index >= 15 is 0 Å². The highest BCUT2D eigenvalue weighted by molar-refractivity contribution is 14.0. The van der Waals surface area contributed by atoms with Crippen molar-refractivity contribution in [3.05, 3.63) is 53.3 Å². The van der Waals surface area contributed by atoms with Crippen LogP contribution < -0.4 is 5.32 Å². The van der Waals surface area contributed by atoms with Gasteiger partial charge in [-0.25, -0.2) is 0 Å². The lowest BCUT2D eigenvalue weighted by atomic mass is 9.86. The highest BCUT2D eigenvalue weighted by atomic mass is 127. The number of nitrogens with zero attached hydrogens (tertiary/aromatic N) is 4. The zero-order chi connectivity index (χ0) is 20.9. The fourth-order valence-corrected chi connectivity index (χ4v) is 3.54. The smallest absolute Gasteiger partial charge is 0.194 e. The fourth-order valence-electron chi connectivity index (χ4n) is 3.54. The summed E-state index contributed by atoms with van der Waals surface area (Å²) in [6.45, 7) is 12.8. The van der Waals surface area contributed by atoms with Crippen molar-refractivity contribution in [2.45, 2.75) is 45.6 Å². The molecule has 1 saturated heterocycles. The minimum Gasteiger partial charge on any atom is -0.370 e. The molecule has 1 aromatic heterocycles. The van der Waals surface area contributed by atoms with Gasteiger partial charge >= 0.3 is 0 Å². The Balaban J connectivity index is 0.00000320. The quantitative estimate of drug-likeness (QED) is 0.366. The van der Waals surface area contributed by atoms with Crippen LogP contribution in [-0.2, 0) is 23.6 Å². The molecule has 2 aromatic rings. The first-order valence-corrected chi connectivity index (χ1v) is 10.6. The van der Waals surface area contributed by atoms with Gasteiger partial charge in [-0.05, 0) is 29.9 Å². The second-order valence-corrected chi connectivity index (χ2v) is 8.69. The molecule has 0 bridgehead atoms. The highest BCUT2D eigenvalue weighted by Crippen LogP contribution is 2.23. The highest BCUT2D eigenvalue weighted by Gasteiger charge is 2.25. The Morgan fingerprint density at radius 3 is 2.60 bits per heavy atom. The van der Waals surface area contributed by atoms with Crippen LogP contribution in [0.25, 0.3) is 0 Å². The van der Waals surface area contributed by atoms with Crippen LogP contribution in [0.15, 0.2) is 41.7 Å². The number of nitrogens with one attached hydrogen (secondary N) is 1. The first-order chi connectivity index (χ1) is 13.9. The molecule has 3 rings (SSSR count). The predicted molar refractivity (Wildman–Crippen MR) is 134 cm³/mol. The van der Waals surface area contributed by atoms with Crippen molar-refractivity contribution >= 4 is 29.9 Å². The van der Waals surface area contributed by atoms with Gasteiger partial charge in [-0.2, -0.15) is 5.10 Å². The van der Waals surface area contributed by atoms with Gasteiger partial charge in [0.2, 0.25) is 0 Å². The third-order valence-electron chi connectivity index (χ3n) is 5.28. The molecular weight excluding hydrogens is 489 g/mol. The fraction of sp³-hybridized carbons (Fsp3) is 0.565. The Bertz CT molecular complexity index is 810. The summed E-state index contributed by atoms with van der Waals surface area (Å²) in [5.41, 5.74) is 4.00. The topological polar surface area (TPSA) is 54.7 Å². The van der Waals surface area contributed by atoms with Crippen LogP contribution in [0.3, 0.4) is 0 Å². The Kier molecular flexibility index (Phi) is 9.15. The maximum absolute atomic E-state index is 5.97. The molecule has 0 spiro atoms. The first kappa shape index (κ1) is 24.7. The number of hydrogen-bond acceptors (Lipinski definition) is 3. The summed E-state index contributed by atoms with van der Waals surface area (Å²) in [6, 6.07) is 8.95. The lowest BCUT2D eigenvalue weighted by Gasteiger charge is -2.34. The summed E-state index contributed by atoms with van der Waals surface area (Å²) in [7, 11) is 1.93. The van der Waals surface area contributed by atoms with E-state index in [-0.39, 0.29) is 35.5 Å². The van der Waals surface area contributed by atoms with Crippen molar-refractivity contribution in [1.82, 2.24) is 20.0 Å². The van der Waals surface area contributed by atoms with Gasteiger partial charge in [-0.15, -0.1) is 24.0 Å². The molecule has 0 saturated carbocycles. The molecular formula is C23H36IN5O. The number of benzene rings is 1. The zero-order valence-corrected chi connectivity index (χ0v) is 21.2. The van der Waals surface area contributed by atoms with Crippen LogP contribution in [0, 0.1) is 0 Å². The van der Waals surface area contributed by atoms with E-state index in [4.69, 9.17) is 9.73 Å². The molecule has 1 fully saturated rings. The monoisotopic (exact) mass is 525 g/mol. The van der Waals surface area contributed by atoms with Gasteiger partial charge in [-0.1, -0.05) is 45.0 Å². The Morgan fingerprint density at radius 2 is 2.00 bits per heavy atom. The third-order valence-corrected chi connectivity index (χ3v) is 5.28. The minimum absolute atomic E-state index is 0. The zero-order valence-electron chi connectivity index (χ0n) is 18.9. The standard InChI is InChI=1S/C23H35N5O.HI/c1-6-24-22(25-12-11-18-7-9-20(10-8-18)23(2,3)4)28-13-14-29-21(17-28)19-15-26-27(5)16-19;/h7-10,15-16,21H,6,11-14,17H2,1-5H3,(H,24,25);1H. The van der Waals surface area contributed by atoms with Crippen molar-refractivity contribution in [1.29, 1.82) is 0 Å².